The Bertz CT molecular complexity index is 342. The second-order valence-electron chi connectivity index (χ2n) is 3.92. The van der Waals surface area contributed by atoms with Crippen molar-refractivity contribution in [2.45, 2.75) is 33.2 Å². The van der Waals surface area contributed by atoms with E-state index in [1.165, 1.54) is 5.56 Å². The van der Waals surface area contributed by atoms with Crippen molar-refractivity contribution in [1.82, 2.24) is 0 Å². The van der Waals surface area contributed by atoms with Crippen molar-refractivity contribution in [2.75, 3.05) is 0 Å². The predicted molar refractivity (Wildman–Crippen MR) is 58.5 cm³/mol. The number of nitrogens with two attached hydrogens (primary N) is 1. The van der Waals surface area contributed by atoms with Gasteiger partial charge in [0.25, 0.3) is 0 Å². The predicted octanol–water partition coefficient (Wildman–Crippen LogP) is 2.22. The number of Topliss-reactive ketones (excluding diaryl/α,β-unsaturated/α-hetero) is 1. The molecule has 0 aliphatic carbocycles. The van der Waals surface area contributed by atoms with Crippen LogP contribution in [-0.4, -0.2) is 11.8 Å². The van der Waals surface area contributed by atoms with Crippen LogP contribution in [0.5, 0.6) is 0 Å². The number of carbonyl (C=O) groups is 1. The lowest BCUT2D eigenvalue weighted by Gasteiger charge is -2.07. The molecule has 0 bridgehead atoms. The third kappa shape index (κ3) is 2.67. The Kier molecular flexibility index (Phi) is 3.42. The van der Waals surface area contributed by atoms with Gasteiger partial charge in [-0.3, -0.25) is 4.79 Å². The van der Waals surface area contributed by atoms with Gasteiger partial charge in [-0.15, -0.1) is 0 Å². The minimum Gasteiger partial charge on any atom is -0.328 e. The molecular weight excluding hydrogens is 174 g/mol. The summed E-state index contributed by atoms with van der Waals surface area (Å²) in [4.78, 5) is 11.7. The lowest BCUT2D eigenvalue weighted by molar-refractivity contribution is 0.0976. The number of carbonyl (C=O) groups excluding carboxylic acids is 1. The van der Waals surface area contributed by atoms with E-state index in [2.05, 4.69) is 0 Å². The van der Waals surface area contributed by atoms with E-state index < -0.39 is 0 Å². The Labute approximate surface area is 85.1 Å². The van der Waals surface area contributed by atoms with Crippen molar-refractivity contribution in [1.29, 1.82) is 0 Å². The van der Waals surface area contributed by atoms with Gasteiger partial charge in [-0.05, 0) is 26.3 Å². The van der Waals surface area contributed by atoms with E-state index in [1.807, 2.05) is 39.0 Å². The molecule has 76 valence electrons. The number of aryl methyl sites for hydroxylation is 2. The summed E-state index contributed by atoms with van der Waals surface area (Å²) < 4.78 is 0. The van der Waals surface area contributed by atoms with Gasteiger partial charge in [0.2, 0.25) is 0 Å². The molecular formula is C12H17NO. The zero-order valence-corrected chi connectivity index (χ0v) is 9.00. The normalized spacial score (nSPS) is 12.6. The molecule has 2 heteroatoms. The molecule has 1 rings (SSSR count). The van der Waals surface area contributed by atoms with Crippen molar-refractivity contribution < 1.29 is 4.79 Å². The van der Waals surface area contributed by atoms with Crippen molar-refractivity contribution >= 4 is 5.78 Å². The summed E-state index contributed by atoms with van der Waals surface area (Å²) in [5.41, 5.74) is 8.61. The Morgan fingerprint density at radius 2 is 2.07 bits per heavy atom. The zero-order valence-electron chi connectivity index (χ0n) is 9.00. The van der Waals surface area contributed by atoms with Crippen LogP contribution < -0.4 is 5.73 Å². The molecule has 0 spiro atoms. The van der Waals surface area contributed by atoms with Crippen LogP contribution in [0.4, 0.5) is 0 Å². The number of hydrogen-bond acceptors (Lipinski definition) is 2. The first-order valence-electron chi connectivity index (χ1n) is 4.86. The van der Waals surface area contributed by atoms with Crippen molar-refractivity contribution in [2.24, 2.45) is 5.73 Å². The molecule has 1 atom stereocenters. The molecule has 0 aliphatic heterocycles. The first-order chi connectivity index (χ1) is 6.50. The van der Waals surface area contributed by atoms with Crippen LogP contribution in [0.1, 0.15) is 34.8 Å². The summed E-state index contributed by atoms with van der Waals surface area (Å²) in [5.74, 6) is 0.137. The third-order valence-electron chi connectivity index (χ3n) is 2.19. The summed E-state index contributed by atoms with van der Waals surface area (Å²) in [6.07, 6.45) is 0.421. The van der Waals surface area contributed by atoms with Crippen LogP contribution in [0.15, 0.2) is 18.2 Å². The zero-order chi connectivity index (χ0) is 10.7. The molecule has 2 nitrogen and oxygen atoms in total. The van der Waals surface area contributed by atoms with Gasteiger partial charge in [0.1, 0.15) is 0 Å². The van der Waals surface area contributed by atoms with Crippen molar-refractivity contribution in [3.05, 3.63) is 34.9 Å². The van der Waals surface area contributed by atoms with Crippen LogP contribution in [-0.2, 0) is 0 Å². The molecule has 0 heterocycles. The highest BCUT2D eigenvalue weighted by Crippen LogP contribution is 2.13. The highest BCUT2D eigenvalue weighted by molar-refractivity contribution is 5.97. The second-order valence-corrected chi connectivity index (χ2v) is 3.92. The second kappa shape index (κ2) is 4.38. The largest absolute Gasteiger partial charge is 0.328 e. The molecule has 1 aromatic rings. The van der Waals surface area contributed by atoms with Gasteiger partial charge in [0.05, 0.1) is 0 Å². The minimum atomic E-state index is -0.0665. The Morgan fingerprint density at radius 1 is 1.43 bits per heavy atom. The van der Waals surface area contributed by atoms with Gasteiger partial charge in [-0.25, -0.2) is 0 Å². The number of hydrogen-bond donors (Lipinski definition) is 1. The molecule has 0 aliphatic rings. The summed E-state index contributed by atoms with van der Waals surface area (Å²) in [7, 11) is 0. The first-order valence-corrected chi connectivity index (χ1v) is 4.86. The van der Waals surface area contributed by atoms with Crippen LogP contribution >= 0.6 is 0 Å². The van der Waals surface area contributed by atoms with Crippen molar-refractivity contribution in [3.8, 4) is 0 Å². The van der Waals surface area contributed by atoms with Crippen LogP contribution in [0.2, 0.25) is 0 Å². The summed E-state index contributed by atoms with van der Waals surface area (Å²) in [6, 6.07) is 5.80. The summed E-state index contributed by atoms with van der Waals surface area (Å²) >= 11 is 0. The molecule has 0 saturated heterocycles. The quantitative estimate of drug-likeness (QED) is 0.744. The van der Waals surface area contributed by atoms with E-state index in [0.717, 1.165) is 11.1 Å². The SMILES string of the molecule is Cc1ccc(C(=O)CC(C)N)c(C)c1. The maximum Gasteiger partial charge on any atom is 0.164 e. The summed E-state index contributed by atoms with van der Waals surface area (Å²) in [6.45, 7) is 5.83. The molecule has 0 saturated carbocycles. The molecule has 14 heavy (non-hydrogen) atoms. The number of rotatable bonds is 3. The van der Waals surface area contributed by atoms with Gasteiger partial charge < -0.3 is 5.73 Å². The lowest BCUT2D eigenvalue weighted by Crippen LogP contribution is -2.20. The highest BCUT2D eigenvalue weighted by atomic mass is 16.1. The van der Waals surface area contributed by atoms with Gasteiger partial charge in [0, 0.05) is 18.0 Å². The molecule has 0 aromatic heterocycles. The molecule has 0 radical (unpaired) electrons. The fourth-order valence-corrected chi connectivity index (χ4v) is 1.53. The monoisotopic (exact) mass is 191 g/mol. The van der Waals surface area contributed by atoms with Crippen LogP contribution in [0.25, 0.3) is 0 Å². The standard InChI is InChI=1S/C12H17NO/c1-8-4-5-11(9(2)6-8)12(14)7-10(3)13/h4-6,10H,7,13H2,1-3H3. The number of benzene rings is 1. The van der Waals surface area contributed by atoms with Crippen LogP contribution in [0.3, 0.4) is 0 Å². The lowest BCUT2D eigenvalue weighted by atomic mass is 9.99. The molecule has 0 amide bonds. The van der Waals surface area contributed by atoms with Gasteiger partial charge in [0.15, 0.2) is 5.78 Å². The smallest absolute Gasteiger partial charge is 0.164 e. The Morgan fingerprint density at radius 3 is 2.57 bits per heavy atom. The first kappa shape index (κ1) is 10.9. The average Bonchev–Trinajstić information content (AvgIpc) is 2.01. The van der Waals surface area contributed by atoms with E-state index in [0.29, 0.717) is 6.42 Å². The van der Waals surface area contributed by atoms with Crippen molar-refractivity contribution in [3.63, 3.8) is 0 Å². The molecule has 1 aromatic carbocycles. The minimum absolute atomic E-state index is 0.0665. The van der Waals surface area contributed by atoms with Crippen LogP contribution in [0, 0.1) is 13.8 Å². The topological polar surface area (TPSA) is 43.1 Å². The summed E-state index contributed by atoms with van der Waals surface area (Å²) in [5, 5.41) is 0. The van der Waals surface area contributed by atoms with E-state index in [9.17, 15) is 4.79 Å². The fraction of sp³-hybridized carbons (Fsp3) is 0.417. The average molecular weight is 191 g/mol. The molecule has 0 fully saturated rings. The van der Waals surface area contributed by atoms with E-state index in [1.54, 1.807) is 0 Å². The molecule has 2 N–H and O–H groups in total. The van der Waals surface area contributed by atoms with Gasteiger partial charge in [-0.2, -0.15) is 0 Å². The fourth-order valence-electron chi connectivity index (χ4n) is 1.53. The highest BCUT2D eigenvalue weighted by Gasteiger charge is 2.10. The Balaban J connectivity index is 2.90. The van der Waals surface area contributed by atoms with E-state index >= 15 is 0 Å². The maximum absolute atomic E-state index is 11.7. The van der Waals surface area contributed by atoms with E-state index in [-0.39, 0.29) is 11.8 Å². The Hall–Kier alpha value is -1.15. The van der Waals surface area contributed by atoms with E-state index in [4.69, 9.17) is 5.73 Å². The van der Waals surface area contributed by atoms with Gasteiger partial charge in [-0.1, -0.05) is 23.8 Å². The van der Waals surface area contributed by atoms with Gasteiger partial charge >= 0.3 is 0 Å². The molecule has 1 unspecified atom stereocenters. The maximum atomic E-state index is 11.7. The number of ketones is 1. The third-order valence-corrected chi connectivity index (χ3v) is 2.19.